The Morgan fingerprint density at radius 3 is 2.91 bits per heavy atom. The van der Waals surface area contributed by atoms with E-state index in [0.717, 1.165) is 23.9 Å². The second kappa shape index (κ2) is 11.7. The molecule has 1 aromatic carbocycles. The molecule has 3 atom stereocenters. The first kappa shape index (κ1) is 25.3. The highest BCUT2D eigenvalue weighted by atomic mass is 17.0. The highest BCUT2D eigenvalue weighted by molar-refractivity contribution is 5.92. The van der Waals surface area contributed by atoms with Crippen LogP contribution >= 0.6 is 0 Å². The number of aryl methyl sites for hydroxylation is 1. The summed E-state index contributed by atoms with van der Waals surface area (Å²) in [4.78, 5) is 32.5. The SMILES string of the molecule is CC(=O)N(CCNCC(O)COc1cc(C)cc2[nH]cc(C#N)c12)C1CCCCC1O[N+](=O)[O-]. The lowest BCUT2D eigenvalue weighted by Gasteiger charge is -2.38. The number of amides is 1. The summed E-state index contributed by atoms with van der Waals surface area (Å²) < 4.78 is 5.82. The fourth-order valence-electron chi connectivity index (χ4n) is 4.51. The molecule has 1 aliphatic carbocycles. The van der Waals surface area contributed by atoms with Gasteiger partial charge in [0, 0.05) is 32.8 Å². The van der Waals surface area contributed by atoms with Crippen molar-refractivity contribution < 1.29 is 24.6 Å². The van der Waals surface area contributed by atoms with Crippen molar-refractivity contribution in [2.24, 2.45) is 0 Å². The van der Waals surface area contributed by atoms with Crippen molar-refractivity contribution in [3.8, 4) is 11.8 Å². The number of aliphatic hydroxyl groups is 1. The number of hydrogen-bond acceptors (Lipinski definition) is 8. The van der Waals surface area contributed by atoms with E-state index >= 15 is 0 Å². The summed E-state index contributed by atoms with van der Waals surface area (Å²) in [5.41, 5.74) is 2.24. The van der Waals surface area contributed by atoms with Gasteiger partial charge in [-0.25, -0.2) is 0 Å². The van der Waals surface area contributed by atoms with E-state index in [1.54, 1.807) is 11.1 Å². The first-order valence-electron chi connectivity index (χ1n) is 11.4. The van der Waals surface area contributed by atoms with E-state index in [9.17, 15) is 25.3 Å². The van der Waals surface area contributed by atoms with Crippen molar-refractivity contribution in [1.29, 1.82) is 5.26 Å². The predicted octanol–water partition coefficient (Wildman–Crippen LogP) is 2.05. The number of hydrogen-bond donors (Lipinski definition) is 3. The van der Waals surface area contributed by atoms with Gasteiger partial charge in [-0.1, -0.05) is 12.8 Å². The molecule has 11 nitrogen and oxygen atoms in total. The van der Waals surface area contributed by atoms with Crippen LogP contribution in [-0.4, -0.2) is 70.5 Å². The van der Waals surface area contributed by atoms with Crippen molar-refractivity contribution in [2.75, 3.05) is 26.2 Å². The van der Waals surface area contributed by atoms with E-state index in [-0.39, 0.29) is 25.1 Å². The normalized spacial score (nSPS) is 18.8. The van der Waals surface area contributed by atoms with E-state index in [1.165, 1.54) is 6.92 Å². The highest BCUT2D eigenvalue weighted by Crippen LogP contribution is 2.30. The lowest BCUT2D eigenvalue weighted by Crippen LogP contribution is -2.51. The fourth-order valence-corrected chi connectivity index (χ4v) is 4.51. The number of H-pyrrole nitrogens is 1. The molecule has 0 spiro atoms. The fraction of sp³-hybridized carbons (Fsp3) is 0.565. The van der Waals surface area contributed by atoms with Crippen molar-refractivity contribution in [3.05, 3.63) is 39.6 Å². The highest BCUT2D eigenvalue weighted by Gasteiger charge is 2.34. The first-order chi connectivity index (χ1) is 16.3. The molecule has 0 radical (unpaired) electrons. The van der Waals surface area contributed by atoms with Crippen LogP contribution in [0.15, 0.2) is 18.3 Å². The van der Waals surface area contributed by atoms with Gasteiger partial charge in [-0.05, 0) is 37.5 Å². The van der Waals surface area contributed by atoms with E-state index < -0.39 is 17.3 Å². The van der Waals surface area contributed by atoms with Crippen LogP contribution in [0.5, 0.6) is 5.75 Å². The number of nitriles is 1. The Hall–Kier alpha value is -3.36. The zero-order chi connectivity index (χ0) is 24.7. The van der Waals surface area contributed by atoms with E-state index in [0.29, 0.717) is 42.6 Å². The summed E-state index contributed by atoms with van der Waals surface area (Å²) in [7, 11) is 0. The van der Waals surface area contributed by atoms with Crippen LogP contribution < -0.4 is 10.1 Å². The Morgan fingerprint density at radius 1 is 1.44 bits per heavy atom. The second-order valence-electron chi connectivity index (χ2n) is 8.60. The molecule has 1 fully saturated rings. The molecular weight excluding hydrogens is 442 g/mol. The van der Waals surface area contributed by atoms with Crippen molar-refractivity contribution >= 4 is 16.8 Å². The van der Waals surface area contributed by atoms with E-state index in [4.69, 9.17) is 9.57 Å². The number of aromatic nitrogens is 1. The van der Waals surface area contributed by atoms with Crippen LogP contribution in [0.2, 0.25) is 0 Å². The smallest absolute Gasteiger partial charge is 0.294 e. The van der Waals surface area contributed by atoms with Crippen LogP contribution in [0.3, 0.4) is 0 Å². The average molecular weight is 474 g/mol. The minimum atomic E-state index is -0.814. The van der Waals surface area contributed by atoms with Crippen LogP contribution in [0.25, 0.3) is 10.9 Å². The van der Waals surface area contributed by atoms with Gasteiger partial charge in [0.1, 0.15) is 30.6 Å². The lowest BCUT2D eigenvalue weighted by molar-refractivity contribution is -0.770. The number of carbonyl (C=O) groups is 1. The van der Waals surface area contributed by atoms with Gasteiger partial charge in [0.15, 0.2) is 0 Å². The third-order valence-electron chi connectivity index (χ3n) is 6.04. The number of fused-ring (bicyclic) bond motifs is 1. The molecule has 2 aromatic rings. The van der Waals surface area contributed by atoms with Gasteiger partial charge >= 0.3 is 0 Å². The number of nitrogens with zero attached hydrogens (tertiary/aromatic N) is 3. The standard InChI is InChI=1S/C23H31N5O6/c1-15-9-19-23(17(11-24)12-26-19)22(10-15)33-14-18(30)13-25-7-8-27(16(2)29)20-5-3-4-6-21(20)34-28(31)32/h9-10,12,18,20-21,25-26,30H,3-8,13-14H2,1-2H3. The molecular formula is C23H31N5O6. The van der Waals surface area contributed by atoms with Gasteiger partial charge < -0.3 is 29.9 Å². The quantitative estimate of drug-likeness (QED) is 0.254. The van der Waals surface area contributed by atoms with Crippen molar-refractivity contribution in [3.63, 3.8) is 0 Å². The molecule has 1 saturated carbocycles. The first-order valence-corrected chi connectivity index (χ1v) is 11.4. The molecule has 1 aromatic heterocycles. The minimum absolute atomic E-state index is 0.0272. The number of nitrogens with one attached hydrogen (secondary N) is 2. The number of benzene rings is 1. The molecule has 1 amide bonds. The third-order valence-corrected chi connectivity index (χ3v) is 6.04. The lowest BCUT2D eigenvalue weighted by atomic mass is 9.91. The second-order valence-corrected chi connectivity index (χ2v) is 8.60. The number of carbonyl (C=O) groups excluding carboxylic acids is 1. The van der Waals surface area contributed by atoms with Crippen molar-refractivity contribution in [1.82, 2.24) is 15.2 Å². The Balaban J connectivity index is 1.50. The zero-order valence-electron chi connectivity index (χ0n) is 19.5. The predicted molar refractivity (Wildman–Crippen MR) is 124 cm³/mol. The van der Waals surface area contributed by atoms with Gasteiger partial charge in [-0.15, -0.1) is 10.1 Å². The van der Waals surface area contributed by atoms with E-state index in [1.807, 2.05) is 19.1 Å². The van der Waals surface area contributed by atoms with Gasteiger partial charge in [-0.3, -0.25) is 4.79 Å². The number of aliphatic hydroxyl groups excluding tert-OH is 1. The van der Waals surface area contributed by atoms with Crippen LogP contribution in [0.4, 0.5) is 0 Å². The van der Waals surface area contributed by atoms with Gasteiger partial charge in [0.05, 0.1) is 22.5 Å². The Bertz CT molecular complexity index is 1050. The molecule has 3 rings (SSSR count). The topological polar surface area (TPSA) is 154 Å². The maximum Gasteiger partial charge on any atom is 0.294 e. The number of rotatable bonds is 11. The van der Waals surface area contributed by atoms with E-state index in [2.05, 4.69) is 16.4 Å². The molecule has 0 aliphatic heterocycles. The Labute approximate surface area is 197 Å². The summed E-state index contributed by atoms with van der Waals surface area (Å²) in [5, 5.41) is 33.5. The summed E-state index contributed by atoms with van der Waals surface area (Å²) in [6, 6.07) is 5.55. The Morgan fingerprint density at radius 2 is 2.21 bits per heavy atom. The molecule has 1 heterocycles. The largest absolute Gasteiger partial charge is 0.490 e. The summed E-state index contributed by atoms with van der Waals surface area (Å²) in [6.07, 6.45) is 3.11. The average Bonchev–Trinajstić information content (AvgIpc) is 3.20. The van der Waals surface area contributed by atoms with Gasteiger partial charge in [0.25, 0.3) is 5.09 Å². The summed E-state index contributed by atoms with van der Waals surface area (Å²) in [6.45, 7) is 4.38. The minimum Gasteiger partial charge on any atom is -0.490 e. The molecule has 0 bridgehead atoms. The van der Waals surface area contributed by atoms with Crippen LogP contribution in [0, 0.1) is 28.4 Å². The molecule has 0 saturated heterocycles. The summed E-state index contributed by atoms with van der Waals surface area (Å²) >= 11 is 0. The maximum atomic E-state index is 12.2. The molecule has 3 N–H and O–H groups in total. The third kappa shape index (κ3) is 6.36. The van der Waals surface area contributed by atoms with Crippen LogP contribution in [0.1, 0.15) is 43.7 Å². The Kier molecular flexibility index (Phi) is 8.67. The molecule has 1 aliphatic rings. The van der Waals surface area contributed by atoms with Crippen LogP contribution in [-0.2, 0) is 9.63 Å². The molecule has 184 valence electrons. The zero-order valence-corrected chi connectivity index (χ0v) is 19.5. The summed E-state index contributed by atoms with van der Waals surface area (Å²) in [5.74, 6) is 0.363. The number of ether oxygens (including phenoxy) is 1. The molecule has 11 heteroatoms. The van der Waals surface area contributed by atoms with Gasteiger partial charge in [0.2, 0.25) is 5.91 Å². The maximum absolute atomic E-state index is 12.2. The van der Waals surface area contributed by atoms with Crippen molar-refractivity contribution in [2.45, 2.75) is 57.8 Å². The van der Waals surface area contributed by atoms with Gasteiger partial charge in [-0.2, -0.15) is 5.26 Å². The number of aromatic amines is 1. The monoisotopic (exact) mass is 473 g/mol. The molecule has 34 heavy (non-hydrogen) atoms. The molecule has 3 unspecified atom stereocenters.